The topological polar surface area (TPSA) is 70.7 Å². The molecule has 0 bridgehead atoms. The molecule has 0 saturated heterocycles. The van der Waals surface area contributed by atoms with Gasteiger partial charge in [-0.15, -0.1) is 0 Å². The van der Waals surface area contributed by atoms with Crippen LogP contribution in [0.2, 0.25) is 0 Å². The highest BCUT2D eigenvalue weighted by molar-refractivity contribution is 5.76. The van der Waals surface area contributed by atoms with Gasteiger partial charge >= 0.3 is 6.09 Å². The van der Waals surface area contributed by atoms with E-state index < -0.39 is 5.60 Å². The highest BCUT2D eigenvalue weighted by atomic mass is 16.6. The predicted octanol–water partition coefficient (Wildman–Crippen LogP) is 2.53. The zero-order valence-electron chi connectivity index (χ0n) is 16.1. The molecule has 0 saturated carbocycles. The van der Waals surface area contributed by atoms with E-state index in [4.69, 9.17) is 4.74 Å². The molecule has 6 nitrogen and oxygen atoms in total. The van der Waals surface area contributed by atoms with Gasteiger partial charge in [-0.3, -0.25) is 4.79 Å². The SMILES string of the molecule is CC(C)NC(=O)CCNCCN(C(=O)OC(C)(C)C)C(C)(C)C. The van der Waals surface area contributed by atoms with Crippen LogP contribution in [0.15, 0.2) is 0 Å². The van der Waals surface area contributed by atoms with Crippen molar-refractivity contribution in [1.82, 2.24) is 15.5 Å². The molecule has 0 atom stereocenters. The van der Waals surface area contributed by atoms with Crippen LogP contribution in [0, 0.1) is 0 Å². The van der Waals surface area contributed by atoms with Crippen LogP contribution in [0.1, 0.15) is 61.8 Å². The van der Waals surface area contributed by atoms with Gasteiger partial charge < -0.3 is 20.3 Å². The molecule has 0 aliphatic heterocycles. The van der Waals surface area contributed by atoms with E-state index in [1.54, 1.807) is 4.90 Å². The first-order chi connectivity index (χ1) is 10.3. The van der Waals surface area contributed by atoms with Gasteiger partial charge in [0.2, 0.25) is 5.91 Å². The molecule has 2 N–H and O–H groups in total. The van der Waals surface area contributed by atoms with Gasteiger partial charge in [-0.1, -0.05) is 0 Å². The van der Waals surface area contributed by atoms with Gasteiger partial charge in [-0.25, -0.2) is 4.79 Å². The average Bonchev–Trinajstić information content (AvgIpc) is 2.28. The summed E-state index contributed by atoms with van der Waals surface area (Å²) in [4.78, 5) is 25.6. The fraction of sp³-hybridized carbons (Fsp3) is 0.882. The maximum Gasteiger partial charge on any atom is 0.410 e. The number of carbonyl (C=O) groups excluding carboxylic acids is 2. The zero-order chi connectivity index (χ0) is 18.3. The van der Waals surface area contributed by atoms with Crippen LogP contribution in [-0.4, -0.2) is 53.7 Å². The monoisotopic (exact) mass is 329 g/mol. The Hall–Kier alpha value is -1.30. The van der Waals surface area contributed by atoms with E-state index in [2.05, 4.69) is 10.6 Å². The van der Waals surface area contributed by atoms with Crippen molar-refractivity contribution in [2.75, 3.05) is 19.6 Å². The van der Waals surface area contributed by atoms with Crippen molar-refractivity contribution in [2.45, 2.75) is 79.0 Å². The highest BCUT2D eigenvalue weighted by Gasteiger charge is 2.30. The second kappa shape index (κ2) is 9.11. The highest BCUT2D eigenvalue weighted by Crippen LogP contribution is 2.17. The third-order valence-corrected chi connectivity index (χ3v) is 2.91. The molecule has 0 aliphatic carbocycles. The average molecular weight is 329 g/mol. The summed E-state index contributed by atoms with van der Waals surface area (Å²) >= 11 is 0. The largest absolute Gasteiger partial charge is 0.444 e. The fourth-order valence-electron chi connectivity index (χ4n) is 1.93. The molecule has 0 aromatic carbocycles. The first-order valence-electron chi connectivity index (χ1n) is 8.33. The van der Waals surface area contributed by atoms with Gasteiger partial charge in [-0.2, -0.15) is 0 Å². The minimum absolute atomic E-state index is 0.0346. The summed E-state index contributed by atoms with van der Waals surface area (Å²) in [6, 6.07) is 0.158. The summed E-state index contributed by atoms with van der Waals surface area (Å²) in [5, 5.41) is 6.05. The van der Waals surface area contributed by atoms with E-state index >= 15 is 0 Å². The molecule has 0 aromatic rings. The van der Waals surface area contributed by atoms with Crippen molar-refractivity contribution in [2.24, 2.45) is 0 Å². The molecule has 0 aliphatic rings. The molecule has 23 heavy (non-hydrogen) atoms. The van der Waals surface area contributed by atoms with E-state index in [0.717, 1.165) is 0 Å². The molecular weight excluding hydrogens is 294 g/mol. The van der Waals surface area contributed by atoms with Gasteiger partial charge in [0.25, 0.3) is 0 Å². The van der Waals surface area contributed by atoms with Crippen molar-refractivity contribution >= 4 is 12.0 Å². The Morgan fingerprint density at radius 3 is 2.04 bits per heavy atom. The number of rotatable bonds is 7. The number of nitrogens with zero attached hydrogens (tertiary/aromatic N) is 1. The molecular formula is C17H35N3O3. The van der Waals surface area contributed by atoms with Crippen LogP contribution in [0.4, 0.5) is 4.79 Å². The number of nitrogens with one attached hydrogen (secondary N) is 2. The Balaban J connectivity index is 4.28. The maximum atomic E-state index is 12.3. The molecule has 2 amide bonds. The van der Waals surface area contributed by atoms with Crippen LogP contribution in [0.5, 0.6) is 0 Å². The van der Waals surface area contributed by atoms with Gasteiger partial charge in [0.1, 0.15) is 5.60 Å². The van der Waals surface area contributed by atoms with Crippen LogP contribution in [-0.2, 0) is 9.53 Å². The third kappa shape index (κ3) is 11.0. The lowest BCUT2D eigenvalue weighted by molar-refractivity contribution is -0.121. The number of ether oxygens (including phenoxy) is 1. The summed E-state index contributed by atoms with van der Waals surface area (Å²) < 4.78 is 5.46. The minimum Gasteiger partial charge on any atom is -0.444 e. The van der Waals surface area contributed by atoms with Crippen molar-refractivity contribution < 1.29 is 14.3 Å². The van der Waals surface area contributed by atoms with E-state index in [1.807, 2.05) is 55.4 Å². The quantitative estimate of drug-likeness (QED) is 0.704. The van der Waals surface area contributed by atoms with Crippen LogP contribution >= 0.6 is 0 Å². The minimum atomic E-state index is -0.511. The first-order valence-corrected chi connectivity index (χ1v) is 8.33. The van der Waals surface area contributed by atoms with Crippen molar-refractivity contribution in [1.29, 1.82) is 0 Å². The summed E-state index contributed by atoms with van der Waals surface area (Å²) in [6.45, 7) is 17.1. The summed E-state index contributed by atoms with van der Waals surface area (Å²) in [5.41, 5.74) is -0.831. The van der Waals surface area contributed by atoms with E-state index in [-0.39, 0.29) is 23.6 Å². The fourth-order valence-corrected chi connectivity index (χ4v) is 1.93. The van der Waals surface area contributed by atoms with Gasteiger partial charge in [0, 0.05) is 37.6 Å². The lowest BCUT2D eigenvalue weighted by Gasteiger charge is -2.36. The van der Waals surface area contributed by atoms with Crippen LogP contribution in [0.3, 0.4) is 0 Å². The molecule has 0 radical (unpaired) electrons. The van der Waals surface area contributed by atoms with Gasteiger partial charge in [-0.05, 0) is 55.4 Å². The first kappa shape index (κ1) is 21.7. The van der Waals surface area contributed by atoms with E-state index in [0.29, 0.717) is 26.1 Å². The molecule has 0 spiro atoms. The van der Waals surface area contributed by atoms with E-state index in [1.165, 1.54) is 0 Å². The molecule has 6 heteroatoms. The number of amides is 2. The van der Waals surface area contributed by atoms with Crippen LogP contribution < -0.4 is 10.6 Å². The molecule has 136 valence electrons. The summed E-state index contributed by atoms with van der Waals surface area (Å²) in [5.74, 6) is 0.0346. The molecule has 0 aromatic heterocycles. The standard InChI is InChI=1S/C17H35N3O3/c1-13(2)19-14(21)9-10-18-11-12-20(16(3,4)5)15(22)23-17(6,7)8/h13,18H,9-12H2,1-8H3,(H,19,21). The van der Waals surface area contributed by atoms with Crippen molar-refractivity contribution in [3.05, 3.63) is 0 Å². The molecule has 0 fully saturated rings. The normalized spacial score (nSPS) is 12.2. The number of carbonyl (C=O) groups is 2. The second-order valence-corrected chi connectivity index (χ2v) is 8.03. The van der Waals surface area contributed by atoms with Crippen LogP contribution in [0.25, 0.3) is 0 Å². The third-order valence-electron chi connectivity index (χ3n) is 2.91. The smallest absolute Gasteiger partial charge is 0.410 e. The summed E-state index contributed by atoms with van der Waals surface area (Å²) in [6.07, 6.45) is 0.115. The predicted molar refractivity (Wildman–Crippen MR) is 93.5 cm³/mol. The Kier molecular flexibility index (Phi) is 8.59. The maximum absolute atomic E-state index is 12.3. The van der Waals surface area contributed by atoms with Crippen molar-refractivity contribution in [3.8, 4) is 0 Å². The Labute approximate surface area is 141 Å². The number of hydrogen-bond acceptors (Lipinski definition) is 4. The zero-order valence-corrected chi connectivity index (χ0v) is 16.1. The lowest BCUT2D eigenvalue weighted by Crippen LogP contribution is -2.50. The van der Waals surface area contributed by atoms with Gasteiger partial charge in [0.05, 0.1) is 0 Å². The molecule has 0 rings (SSSR count). The molecule has 0 unspecified atom stereocenters. The number of hydrogen-bond donors (Lipinski definition) is 2. The molecule has 0 heterocycles. The summed E-state index contributed by atoms with van der Waals surface area (Å²) in [7, 11) is 0. The Morgan fingerprint density at radius 1 is 1.04 bits per heavy atom. The van der Waals surface area contributed by atoms with Crippen molar-refractivity contribution in [3.63, 3.8) is 0 Å². The Morgan fingerprint density at radius 2 is 1.61 bits per heavy atom. The van der Waals surface area contributed by atoms with Gasteiger partial charge in [0.15, 0.2) is 0 Å². The van der Waals surface area contributed by atoms with E-state index in [9.17, 15) is 9.59 Å². The lowest BCUT2D eigenvalue weighted by atomic mass is 10.1. The Bertz CT molecular complexity index is 382. The second-order valence-electron chi connectivity index (χ2n) is 8.03.